The molecule has 2 rings (SSSR count). The lowest BCUT2D eigenvalue weighted by Gasteiger charge is -2.19. The van der Waals surface area contributed by atoms with Gasteiger partial charge in [-0.05, 0) is 19.1 Å². The van der Waals surface area contributed by atoms with Crippen LogP contribution < -0.4 is 4.90 Å². The fourth-order valence-electron chi connectivity index (χ4n) is 1.65. The van der Waals surface area contributed by atoms with Crippen LogP contribution in [0.3, 0.4) is 0 Å². The molecule has 0 radical (unpaired) electrons. The normalized spacial score (nSPS) is 13.8. The molecule has 6 nitrogen and oxygen atoms in total. The maximum Gasteiger partial charge on any atom is 0.453 e. The van der Waals surface area contributed by atoms with Gasteiger partial charge in [0, 0.05) is 13.6 Å². The number of halogens is 3. The number of aromatic nitrogens is 4. The molecule has 0 spiro atoms. The molecule has 1 atom stereocenters. The van der Waals surface area contributed by atoms with Gasteiger partial charge in [0.15, 0.2) is 5.65 Å². The number of aliphatic hydroxyl groups excluding tert-OH is 1. The van der Waals surface area contributed by atoms with Crippen molar-refractivity contribution in [1.29, 1.82) is 0 Å². The molecule has 0 aromatic carbocycles. The third kappa shape index (κ3) is 2.75. The van der Waals surface area contributed by atoms with Gasteiger partial charge in [-0.15, -0.1) is 15.3 Å². The summed E-state index contributed by atoms with van der Waals surface area (Å²) in [4.78, 5) is 1.55. The predicted molar refractivity (Wildman–Crippen MR) is 60.7 cm³/mol. The zero-order chi connectivity index (χ0) is 14.2. The summed E-state index contributed by atoms with van der Waals surface area (Å²) < 4.78 is 38.7. The first-order chi connectivity index (χ1) is 8.79. The summed E-state index contributed by atoms with van der Waals surface area (Å²) in [6.45, 7) is 1.83. The van der Waals surface area contributed by atoms with Gasteiger partial charge in [-0.1, -0.05) is 0 Å². The second kappa shape index (κ2) is 4.65. The zero-order valence-electron chi connectivity index (χ0n) is 10.3. The van der Waals surface area contributed by atoms with E-state index in [0.717, 1.165) is 0 Å². The van der Waals surface area contributed by atoms with Crippen LogP contribution >= 0.6 is 0 Å². The molecule has 1 unspecified atom stereocenters. The van der Waals surface area contributed by atoms with Crippen LogP contribution in [0, 0.1) is 0 Å². The highest BCUT2D eigenvalue weighted by Gasteiger charge is 2.37. The zero-order valence-corrected chi connectivity index (χ0v) is 10.3. The van der Waals surface area contributed by atoms with Gasteiger partial charge in [0.2, 0.25) is 0 Å². The van der Waals surface area contributed by atoms with Crippen molar-refractivity contribution in [3.63, 3.8) is 0 Å². The molecule has 0 aliphatic heterocycles. The average molecular weight is 275 g/mol. The van der Waals surface area contributed by atoms with Crippen LogP contribution in [0.4, 0.5) is 19.0 Å². The Bertz CT molecular complexity index is 580. The number of anilines is 1. The largest absolute Gasteiger partial charge is 0.453 e. The summed E-state index contributed by atoms with van der Waals surface area (Å²) in [5.41, 5.74) is 0.0153. The molecule has 104 valence electrons. The third-order valence-corrected chi connectivity index (χ3v) is 2.43. The van der Waals surface area contributed by atoms with E-state index in [-0.39, 0.29) is 12.2 Å². The molecule has 0 fully saturated rings. The minimum Gasteiger partial charge on any atom is -0.392 e. The van der Waals surface area contributed by atoms with E-state index in [1.54, 1.807) is 18.9 Å². The fourth-order valence-corrected chi connectivity index (χ4v) is 1.65. The van der Waals surface area contributed by atoms with Gasteiger partial charge in [-0.2, -0.15) is 17.7 Å². The first-order valence-electron chi connectivity index (χ1n) is 5.48. The van der Waals surface area contributed by atoms with E-state index in [0.29, 0.717) is 10.3 Å². The van der Waals surface area contributed by atoms with E-state index in [9.17, 15) is 18.3 Å². The number of hydrogen-bond donors (Lipinski definition) is 1. The second-order valence-corrected chi connectivity index (χ2v) is 4.21. The van der Waals surface area contributed by atoms with Crippen molar-refractivity contribution in [3.8, 4) is 0 Å². The predicted octanol–water partition coefficient (Wildman–Crippen LogP) is 0.960. The molecular formula is C10H12F3N5O. The smallest absolute Gasteiger partial charge is 0.392 e. The molecule has 19 heavy (non-hydrogen) atoms. The lowest BCUT2D eigenvalue weighted by atomic mass is 10.3. The van der Waals surface area contributed by atoms with Gasteiger partial charge in [-0.25, -0.2) is 0 Å². The molecule has 0 saturated heterocycles. The fraction of sp³-hybridized carbons (Fsp3) is 0.500. The number of nitrogens with zero attached hydrogens (tertiary/aromatic N) is 5. The molecule has 0 aliphatic rings. The molecule has 0 aliphatic carbocycles. The quantitative estimate of drug-likeness (QED) is 0.903. The molecule has 2 aromatic heterocycles. The summed E-state index contributed by atoms with van der Waals surface area (Å²) in [6, 6.07) is 2.91. The highest BCUT2D eigenvalue weighted by molar-refractivity contribution is 5.45. The Morgan fingerprint density at radius 2 is 2.05 bits per heavy atom. The molecule has 0 saturated carbocycles. The highest BCUT2D eigenvalue weighted by Crippen LogP contribution is 2.27. The van der Waals surface area contributed by atoms with E-state index in [1.165, 1.54) is 12.1 Å². The van der Waals surface area contributed by atoms with Crippen LogP contribution in [-0.2, 0) is 6.18 Å². The SMILES string of the molecule is CC(O)CN(C)c1ccc2nnc(C(F)(F)F)n2n1. The van der Waals surface area contributed by atoms with Gasteiger partial charge in [0.05, 0.1) is 6.10 Å². The van der Waals surface area contributed by atoms with Crippen LogP contribution in [0.5, 0.6) is 0 Å². The van der Waals surface area contributed by atoms with Crippen LogP contribution in [0.2, 0.25) is 0 Å². The molecule has 2 heterocycles. The maximum atomic E-state index is 12.7. The molecule has 0 bridgehead atoms. The second-order valence-electron chi connectivity index (χ2n) is 4.21. The monoisotopic (exact) mass is 275 g/mol. The lowest BCUT2D eigenvalue weighted by molar-refractivity contribution is -0.146. The highest BCUT2D eigenvalue weighted by atomic mass is 19.4. The van der Waals surface area contributed by atoms with E-state index in [1.807, 2.05) is 0 Å². The third-order valence-electron chi connectivity index (χ3n) is 2.43. The van der Waals surface area contributed by atoms with Gasteiger partial charge < -0.3 is 10.0 Å². The summed E-state index contributed by atoms with van der Waals surface area (Å²) in [5.74, 6) is -0.881. The lowest BCUT2D eigenvalue weighted by Crippen LogP contribution is -2.28. The van der Waals surface area contributed by atoms with Gasteiger partial charge in [-0.3, -0.25) is 0 Å². The first-order valence-corrected chi connectivity index (χ1v) is 5.48. The van der Waals surface area contributed by atoms with Gasteiger partial charge >= 0.3 is 6.18 Å². The Balaban J connectivity index is 2.44. The molecule has 9 heteroatoms. The number of rotatable bonds is 3. The summed E-state index contributed by atoms with van der Waals surface area (Å²) >= 11 is 0. The van der Waals surface area contributed by atoms with Crippen molar-refractivity contribution >= 4 is 11.5 Å². The summed E-state index contributed by atoms with van der Waals surface area (Å²) in [7, 11) is 1.62. The molecule has 0 amide bonds. The Morgan fingerprint density at radius 1 is 1.37 bits per heavy atom. The number of hydrogen-bond acceptors (Lipinski definition) is 5. The van der Waals surface area contributed by atoms with E-state index in [2.05, 4.69) is 15.3 Å². The van der Waals surface area contributed by atoms with Gasteiger partial charge in [0.1, 0.15) is 5.82 Å². The van der Waals surface area contributed by atoms with Crippen LogP contribution in [0.15, 0.2) is 12.1 Å². The van der Waals surface area contributed by atoms with Crippen molar-refractivity contribution in [2.75, 3.05) is 18.5 Å². The Hall–Kier alpha value is -1.90. The van der Waals surface area contributed by atoms with Crippen LogP contribution in [0.25, 0.3) is 5.65 Å². The molecule has 1 N–H and O–H groups in total. The van der Waals surface area contributed by atoms with E-state index < -0.39 is 18.1 Å². The van der Waals surface area contributed by atoms with Crippen LogP contribution in [-0.4, -0.2) is 44.6 Å². The number of fused-ring (bicyclic) bond motifs is 1. The molecule has 2 aromatic rings. The molecular weight excluding hydrogens is 263 g/mol. The number of alkyl halides is 3. The first kappa shape index (κ1) is 13.5. The van der Waals surface area contributed by atoms with Crippen molar-refractivity contribution in [2.24, 2.45) is 0 Å². The summed E-state index contributed by atoms with van der Waals surface area (Å²) in [5, 5.41) is 19.6. The Labute approximate surface area is 106 Å². The van der Waals surface area contributed by atoms with Crippen molar-refractivity contribution in [1.82, 2.24) is 19.8 Å². The maximum absolute atomic E-state index is 12.7. The minimum atomic E-state index is -4.62. The van der Waals surface area contributed by atoms with Gasteiger partial charge in [0.25, 0.3) is 5.82 Å². The van der Waals surface area contributed by atoms with Crippen molar-refractivity contribution < 1.29 is 18.3 Å². The van der Waals surface area contributed by atoms with E-state index in [4.69, 9.17) is 0 Å². The van der Waals surface area contributed by atoms with Crippen molar-refractivity contribution in [2.45, 2.75) is 19.2 Å². The number of likely N-dealkylation sites (N-methyl/N-ethyl adjacent to an activating group) is 1. The summed E-state index contributed by atoms with van der Waals surface area (Å²) in [6.07, 6.45) is -5.24. The minimum absolute atomic E-state index is 0.0153. The van der Waals surface area contributed by atoms with Crippen molar-refractivity contribution in [3.05, 3.63) is 18.0 Å². The Kier molecular flexibility index (Phi) is 3.31. The van der Waals surface area contributed by atoms with Crippen LogP contribution in [0.1, 0.15) is 12.7 Å². The number of aliphatic hydroxyl groups is 1. The van der Waals surface area contributed by atoms with E-state index >= 15 is 0 Å². The average Bonchev–Trinajstić information content (AvgIpc) is 2.69. The topological polar surface area (TPSA) is 66.5 Å². The standard InChI is InChI=1S/C10H12F3N5O/c1-6(19)5-17(2)8-4-3-7-14-15-9(10(11,12)13)18(7)16-8/h3-4,6,19H,5H2,1-2H3. The Morgan fingerprint density at radius 3 is 2.63 bits per heavy atom.